The molecule has 0 saturated heterocycles. The van der Waals surface area contributed by atoms with E-state index in [0.717, 1.165) is 16.1 Å². The molecule has 0 aliphatic carbocycles. The van der Waals surface area contributed by atoms with E-state index in [0.29, 0.717) is 0 Å². The van der Waals surface area contributed by atoms with Crippen molar-refractivity contribution in [1.29, 1.82) is 0 Å². The van der Waals surface area contributed by atoms with Crippen molar-refractivity contribution >= 4 is 33.0 Å². The second-order valence-electron chi connectivity index (χ2n) is 5.12. The first-order valence-corrected chi connectivity index (χ1v) is 7.82. The van der Waals surface area contributed by atoms with Crippen LogP contribution in [0.4, 0.5) is 0 Å². The second kappa shape index (κ2) is 5.21. The molecule has 3 heteroatoms. The summed E-state index contributed by atoms with van der Waals surface area (Å²) in [6.07, 6.45) is 0. The molecule has 3 aromatic rings. The summed E-state index contributed by atoms with van der Waals surface area (Å²) >= 11 is 8.11. The number of hydrogen-bond donors (Lipinski definition) is 1. The predicted octanol–water partition coefficient (Wildman–Crippen LogP) is 5.22. The lowest BCUT2D eigenvalue weighted by atomic mass is 9.96. The number of rotatable bonds is 2. The van der Waals surface area contributed by atoms with E-state index in [1.54, 1.807) is 11.3 Å². The van der Waals surface area contributed by atoms with Crippen molar-refractivity contribution in [1.82, 2.24) is 0 Å². The van der Waals surface area contributed by atoms with Crippen molar-refractivity contribution < 1.29 is 0 Å². The maximum atomic E-state index is 6.47. The fraction of sp³-hybridized carbons (Fsp3) is 0.176. The van der Waals surface area contributed by atoms with Crippen molar-refractivity contribution in [2.45, 2.75) is 19.9 Å². The second-order valence-corrected chi connectivity index (χ2v) is 6.44. The van der Waals surface area contributed by atoms with Crippen LogP contribution in [-0.4, -0.2) is 0 Å². The van der Waals surface area contributed by atoms with E-state index in [9.17, 15) is 0 Å². The minimum atomic E-state index is -0.182. The first-order valence-electron chi connectivity index (χ1n) is 6.56. The zero-order chi connectivity index (χ0) is 14.3. The van der Waals surface area contributed by atoms with Gasteiger partial charge in [-0.25, -0.2) is 0 Å². The normalized spacial score (nSPS) is 12.8. The SMILES string of the molecule is Cc1cc(Cl)c(C(N)c2csc3ccccc23)cc1C. The van der Waals surface area contributed by atoms with Gasteiger partial charge in [-0.1, -0.05) is 35.9 Å². The van der Waals surface area contributed by atoms with Gasteiger partial charge in [-0.3, -0.25) is 0 Å². The molecular weight excluding hydrogens is 286 g/mol. The van der Waals surface area contributed by atoms with E-state index in [1.165, 1.54) is 21.2 Å². The molecule has 2 aromatic carbocycles. The molecule has 0 bridgehead atoms. The van der Waals surface area contributed by atoms with Crippen LogP contribution in [0.2, 0.25) is 5.02 Å². The van der Waals surface area contributed by atoms with Crippen molar-refractivity contribution in [3.63, 3.8) is 0 Å². The van der Waals surface area contributed by atoms with E-state index < -0.39 is 0 Å². The van der Waals surface area contributed by atoms with Gasteiger partial charge in [0.15, 0.2) is 0 Å². The van der Waals surface area contributed by atoms with Gasteiger partial charge in [-0.15, -0.1) is 11.3 Å². The van der Waals surface area contributed by atoms with Gasteiger partial charge in [0.2, 0.25) is 0 Å². The molecule has 0 spiro atoms. The molecule has 0 aliphatic heterocycles. The van der Waals surface area contributed by atoms with E-state index in [4.69, 9.17) is 17.3 Å². The van der Waals surface area contributed by atoms with Gasteiger partial charge < -0.3 is 5.73 Å². The third kappa shape index (κ3) is 2.24. The lowest BCUT2D eigenvalue weighted by molar-refractivity contribution is 0.882. The Bertz CT molecular complexity index is 776. The number of halogens is 1. The third-order valence-corrected chi connectivity index (χ3v) is 5.10. The smallest absolute Gasteiger partial charge is 0.0580 e. The summed E-state index contributed by atoms with van der Waals surface area (Å²) in [5.41, 5.74) is 11.0. The van der Waals surface area contributed by atoms with Crippen molar-refractivity contribution in [2.75, 3.05) is 0 Å². The van der Waals surface area contributed by atoms with Crippen molar-refractivity contribution in [2.24, 2.45) is 5.73 Å². The van der Waals surface area contributed by atoms with Crippen LogP contribution in [0, 0.1) is 13.8 Å². The Hall–Kier alpha value is -1.35. The van der Waals surface area contributed by atoms with Crippen LogP contribution in [0.15, 0.2) is 41.8 Å². The molecule has 3 rings (SSSR count). The topological polar surface area (TPSA) is 26.0 Å². The Morgan fingerprint density at radius 1 is 1.05 bits per heavy atom. The zero-order valence-electron chi connectivity index (χ0n) is 11.5. The molecule has 2 N–H and O–H groups in total. The van der Waals surface area contributed by atoms with Crippen molar-refractivity contribution in [3.8, 4) is 0 Å². The fourth-order valence-corrected chi connectivity index (χ4v) is 3.78. The average Bonchev–Trinajstić information content (AvgIpc) is 2.86. The Labute approximate surface area is 128 Å². The van der Waals surface area contributed by atoms with Gasteiger partial charge in [-0.05, 0) is 59.0 Å². The first-order chi connectivity index (χ1) is 9.58. The molecule has 1 unspecified atom stereocenters. The fourth-order valence-electron chi connectivity index (χ4n) is 2.45. The standard InChI is InChI=1S/C17H16ClNS/c1-10-7-13(15(18)8-11(10)2)17(19)14-9-20-16-6-4-3-5-12(14)16/h3-9,17H,19H2,1-2H3. The van der Waals surface area contributed by atoms with E-state index in [-0.39, 0.29) is 6.04 Å². The van der Waals surface area contributed by atoms with E-state index in [2.05, 4.69) is 43.5 Å². The molecule has 0 saturated carbocycles. The van der Waals surface area contributed by atoms with Crippen LogP contribution in [0.1, 0.15) is 28.3 Å². The largest absolute Gasteiger partial charge is 0.320 e. The maximum Gasteiger partial charge on any atom is 0.0580 e. The minimum absolute atomic E-state index is 0.182. The molecule has 0 radical (unpaired) electrons. The van der Waals surface area contributed by atoms with Crippen LogP contribution in [0.5, 0.6) is 0 Å². The summed E-state index contributed by atoms with van der Waals surface area (Å²) in [6, 6.07) is 12.3. The van der Waals surface area contributed by atoms with Gasteiger partial charge in [0, 0.05) is 9.72 Å². The number of aryl methyl sites for hydroxylation is 2. The van der Waals surface area contributed by atoms with Crippen molar-refractivity contribution in [3.05, 3.63) is 69.1 Å². The third-order valence-electron chi connectivity index (χ3n) is 3.79. The highest BCUT2D eigenvalue weighted by Crippen LogP contribution is 2.35. The van der Waals surface area contributed by atoms with E-state index >= 15 is 0 Å². The molecule has 1 atom stereocenters. The molecule has 0 fully saturated rings. The highest BCUT2D eigenvalue weighted by molar-refractivity contribution is 7.17. The van der Waals surface area contributed by atoms with E-state index in [1.807, 2.05) is 12.1 Å². The molecule has 102 valence electrons. The lowest BCUT2D eigenvalue weighted by Gasteiger charge is -2.15. The Morgan fingerprint density at radius 3 is 2.55 bits per heavy atom. The summed E-state index contributed by atoms with van der Waals surface area (Å²) in [6.45, 7) is 4.16. The van der Waals surface area contributed by atoms with Gasteiger partial charge >= 0.3 is 0 Å². The highest BCUT2D eigenvalue weighted by atomic mass is 35.5. The number of hydrogen-bond acceptors (Lipinski definition) is 2. The summed E-state index contributed by atoms with van der Waals surface area (Å²) in [4.78, 5) is 0. The molecule has 0 amide bonds. The van der Waals surface area contributed by atoms with Gasteiger partial charge in [0.25, 0.3) is 0 Å². The number of nitrogens with two attached hydrogens (primary N) is 1. The summed E-state index contributed by atoms with van der Waals surface area (Å²) in [5.74, 6) is 0. The van der Waals surface area contributed by atoms with Crippen LogP contribution in [0.3, 0.4) is 0 Å². The number of thiophene rings is 1. The Morgan fingerprint density at radius 2 is 1.75 bits per heavy atom. The minimum Gasteiger partial charge on any atom is -0.320 e. The van der Waals surface area contributed by atoms with Crippen LogP contribution in [-0.2, 0) is 0 Å². The van der Waals surface area contributed by atoms with Gasteiger partial charge in [-0.2, -0.15) is 0 Å². The maximum absolute atomic E-state index is 6.47. The highest BCUT2D eigenvalue weighted by Gasteiger charge is 2.17. The first kappa shape index (κ1) is 13.6. The Balaban J connectivity index is 2.13. The summed E-state index contributed by atoms with van der Waals surface area (Å²) in [7, 11) is 0. The van der Waals surface area contributed by atoms with Crippen LogP contribution in [0.25, 0.3) is 10.1 Å². The quantitative estimate of drug-likeness (QED) is 0.690. The number of fused-ring (bicyclic) bond motifs is 1. The molecule has 1 aromatic heterocycles. The predicted molar refractivity (Wildman–Crippen MR) is 88.8 cm³/mol. The zero-order valence-corrected chi connectivity index (χ0v) is 13.1. The molecule has 0 aliphatic rings. The number of benzene rings is 2. The summed E-state index contributed by atoms with van der Waals surface area (Å²) < 4.78 is 1.26. The molecule has 1 heterocycles. The van der Waals surface area contributed by atoms with Gasteiger partial charge in [0.1, 0.15) is 0 Å². The summed E-state index contributed by atoms with van der Waals surface area (Å²) in [5, 5.41) is 4.11. The average molecular weight is 302 g/mol. The molecule has 20 heavy (non-hydrogen) atoms. The van der Waals surface area contributed by atoms with Gasteiger partial charge in [0.05, 0.1) is 6.04 Å². The van der Waals surface area contributed by atoms with Crippen LogP contribution >= 0.6 is 22.9 Å². The molecule has 1 nitrogen and oxygen atoms in total. The molecular formula is C17H16ClNS. The van der Waals surface area contributed by atoms with Crippen LogP contribution < -0.4 is 5.73 Å². The Kier molecular flexibility index (Phi) is 3.55. The monoisotopic (exact) mass is 301 g/mol. The lowest BCUT2D eigenvalue weighted by Crippen LogP contribution is -2.12.